The first-order chi connectivity index (χ1) is 18.0. The largest absolute Gasteiger partial charge is 0.481 e. The predicted molar refractivity (Wildman–Crippen MR) is 143 cm³/mol. The zero-order valence-electron chi connectivity index (χ0n) is 21.4. The fourth-order valence-corrected chi connectivity index (χ4v) is 4.85. The topological polar surface area (TPSA) is 58.6 Å². The van der Waals surface area contributed by atoms with Gasteiger partial charge in [0.05, 0.1) is 0 Å². The number of nitrogens with zero attached hydrogens (tertiary/aromatic N) is 1. The number of amides is 2. The first-order valence-electron chi connectivity index (χ1n) is 13.1. The van der Waals surface area contributed by atoms with E-state index in [1.165, 1.54) is 18.6 Å². The summed E-state index contributed by atoms with van der Waals surface area (Å²) in [6.45, 7) is 1.87. The Kier molecular flexibility index (Phi) is 9.30. The van der Waals surface area contributed by atoms with Gasteiger partial charge in [0.25, 0.3) is 5.91 Å². The molecular weight excluding hydrogens is 467 g/mol. The van der Waals surface area contributed by atoms with Crippen LogP contribution in [0.4, 0.5) is 4.39 Å². The third-order valence-corrected chi connectivity index (χ3v) is 7.01. The Labute approximate surface area is 218 Å². The predicted octanol–water partition coefficient (Wildman–Crippen LogP) is 5.60. The summed E-state index contributed by atoms with van der Waals surface area (Å²) < 4.78 is 19.7. The van der Waals surface area contributed by atoms with E-state index in [0.717, 1.165) is 42.4 Å². The van der Waals surface area contributed by atoms with Gasteiger partial charge >= 0.3 is 0 Å². The second-order valence-electron chi connectivity index (χ2n) is 9.72. The van der Waals surface area contributed by atoms with E-state index >= 15 is 0 Å². The van der Waals surface area contributed by atoms with Crippen molar-refractivity contribution in [3.63, 3.8) is 0 Å². The first kappa shape index (κ1) is 26.4. The maximum absolute atomic E-state index is 14.2. The third-order valence-electron chi connectivity index (χ3n) is 7.01. The second kappa shape index (κ2) is 13.0. The number of para-hydroxylation sites is 1. The SMILES string of the molecule is Cc1ccccc1CN(C(=O)COc1ccccc1F)[C@H](Cc1ccccc1)C(=O)NC1CCCCC1. The molecule has 4 rings (SSSR count). The molecule has 0 spiro atoms. The van der Waals surface area contributed by atoms with E-state index in [1.807, 2.05) is 61.5 Å². The van der Waals surface area contributed by atoms with Crippen molar-refractivity contribution in [2.75, 3.05) is 6.61 Å². The van der Waals surface area contributed by atoms with Crippen LogP contribution in [0.5, 0.6) is 5.75 Å². The van der Waals surface area contributed by atoms with E-state index in [-0.39, 0.29) is 36.8 Å². The zero-order valence-corrected chi connectivity index (χ0v) is 21.4. The van der Waals surface area contributed by atoms with Crippen molar-refractivity contribution < 1.29 is 18.7 Å². The van der Waals surface area contributed by atoms with Crippen LogP contribution in [0.15, 0.2) is 78.9 Å². The third kappa shape index (κ3) is 7.42. The average Bonchev–Trinajstić information content (AvgIpc) is 2.92. The van der Waals surface area contributed by atoms with E-state index in [2.05, 4.69) is 5.32 Å². The number of carbonyl (C=O) groups excluding carboxylic acids is 2. The minimum absolute atomic E-state index is 0.0120. The first-order valence-corrected chi connectivity index (χ1v) is 13.1. The van der Waals surface area contributed by atoms with Crippen molar-refractivity contribution in [1.82, 2.24) is 10.2 Å². The minimum Gasteiger partial charge on any atom is -0.481 e. The zero-order chi connectivity index (χ0) is 26.0. The Bertz CT molecular complexity index is 1180. The molecule has 3 aromatic rings. The lowest BCUT2D eigenvalue weighted by Crippen LogP contribution is -2.53. The summed E-state index contributed by atoms with van der Waals surface area (Å²) in [4.78, 5) is 29.0. The molecule has 194 valence electrons. The molecule has 1 aliphatic rings. The molecule has 1 atom stereocenters. The number of carbonyl (C=O) groups is 2. The van der Waals surface area contributed by atoms with E-state index in [1.54, 1.807) is 17.0 Å². The lowest BCUT2D eigenvalue weighted by Gasteiger charge is -2.33. The molecule has 1 N–H and O–H groups in total. The molecular formula is C31H35FN2O3. The van der Waals surface area contributed by atoms with Gasteiger partial charge in [-0.2, -0.15) is 0 Å². The summed E-state index contributed by atoms with van der Waals surface area (Å²) in [5.41, 5.74) is 2.94. The van der Waals surface area contributed by atoms with Crippen LogP contribution >= 0.6 is 0 Å². The maximum Gasteiger partial charge on any atom is 0.261 e. The molecule has 0 radical (unpaired) electrons. The number of aryl methyl sites for hydroxylation is 1. The average molecular weight is 503 g/mol. The van der Waals surface area contributed by atoms with Crippen LogP contribution in [-0.4, -0.2) is 35.4 Å². The van der Waals surface area contributed by atoms with Crippen LogP contribution in [0.25, 0.3) is 0 Å². The van der Waals surface area contributed by atoms with Crippen LogP contribution in [0, 0.1) is 12.7 Å². The molecule has 0 aliphatic heterocycles. The van der Waals surface area contributed by atoms with Gasteiger partial charge in [0, 0.05) is 19.0 Å². The molecule has 0 unspecified atom stereocenters. The molecule has 37 heavy (non-hydrogen) atoms. The smallest absolute Gasteiger partial charge is 0.261 e. The molecule has 2 amide bonds. The van der Waals surface area contributed by atoms with Crippen molar-refractivity contribution in [3.05, 3.63) is 101 Å². The van der Waals surface area contributed by atoms with Gasteiger partial charge in [-0.05, 0) is 48.6 Å². The lowest BCUT2D eigenvalue weighted by atomic mass is 9.94. The normalized spacial score (nSPS) is 14.5. The van der Waals surface area contributed by atoms with Crippen molar-refractivity contribution in [3.8, 4) is 5.75 Å². The van der Waals surface area contributed by atoms with Crippen molar-refractivity contribution in [2.45, 2.75) is 64.1 Å². The summed E-state index contributed by atoms with van der Waals surface area (Å²) >= 11 is 0. The van der Waals surface area contributed by atoms with Gasteiger partial charge in [0.15, 0.2) is 18.2 Å². The standard InChI is InChI=1S/C31H35FN2O3/c1-23-12-8-9-15-25(23)21-34(30(35)22-37-29-19-11-10-18-27(29)32)28(20-24-13-4-2-5-14-24)31(36)33-26-16-6-3-7-17-26/h2,4-5,8-15,18-19,26,28H,3,6-7,16-17,20-22H2,1H3,(H,33,36)/t28-/m1/s1. The van der Waals surface area contributed by atoms with E-state index in [4.69, 9.17) is 4.74 Å². The summed E-state index contributed by atoms with van der Waals surface area (Å²) in [6, 6.07) is 22.9. The van der Waals surface area contributed by atoms with Crippen LogP contribution < -0.4 is 10.1 Å². The Morgan fingerprint density at radius 2 is 1.62 bits per heavy atom. The summed E-state index contributed by atoms with van der Waals surface area (Å²) in [5, 5.41) is 3.22. The van der Waals surface area contributed by atoms with E-state index < -0.39 is 11.9 Å². The van der Waals surface area contributed by atoms with Crippen molar-refractivity contribution >= 4 is 11.8 Å². The molecule has 5 nitrogen and oxygen atoms in total. The monoisotopic (exact) mass is 502 g/mol. The molecule has 0 heterocycles. The van der Waals surface area contributed by atoms with Gasteiger partial charge in [-0.3, -0.25) is 9.59 Å². The summed E-state index contributed by atoms with van der Waals surface area (Å²) in [5.74, 6) is -1.05. The molecule has 6 heteroatoms. The van der Waals surface area contributed by atoms with E-state index in [0.29, 0.717) is 6.42 Å². The number of halogens is 1. The highest BCUT2D eigenvalue weighted by Gasteiger charge is 2.32. The van der Waals surface area contributed by atoms with Crippen molar-refractivity contribution in [1.29, 1.82) is 0 Å². The Morgan fingerprint density at radius 1 is 0.946 bits per heavy atom. The quantitative estimate of drug-likeness (QED) is 0.393. The minimum atomic E-state index is -0.736. The Hall–Kier alpha value is -3.67. The highest BCUT2D eigenvalue weighted by atomic mass is 19.1. The van der Waals surface area contributed by atoms with Crippen LogP contribution in [-0.2, 0) is 22.6 Å². The number of ether oxygens (including phenoxy) is 1. The van der Waals surface area contributed by atoms with Gasteiger partial charge in [-0.25, -0.2) is 4.39 Å². The molecule has 0 saturated heterocycles. The summed E-state index contributed by atoms with van der Waals surface area (Å²) in [7, 11) is 0. The molecule has 1 saturated carbocycles. The number of hydrogen-bond donors (Lipinski definition) is 1. The van der Waals surface area contributed by atoms with Crippen molar-refractivity contribution in [2.24, 2.45) is 0 Å². The second-order valence-corrected chi connectivity index (χ2v) is 9.72. The fraction of sp³-hybridized carbons (Fsp3) is 0.355. The highest BCUT2D eigenvalue weighted by molar-refractivity contribution is 5.88. The van der Waals surface area contributed by atoms with Crippen LogP contribution in [0.2, 0.25) is 0 Å². The highest BCUT2D eigenvalue weighted by Crippen LogP contribution is 2.21. The Morgan fingerprint density at radius 3 is 2.35 bits per heavy atom. The van der Waals surface area contributed by atoms with Gasteiger partial charge in [-0.15, -0.1) is 0 Å². The van der Waals surface area contributed by atoms with Gasteiger partial charge in [-0.1, -0.05) is 86.0 Å². The molecule has 0 bridgehead atoms. The molecule has 1 fully saturated rings. The lowest BCUT2D eigenvalue weighted by molar-refractivity contribution is -0.143. The number of hydrogen-bond acceptors (Lipinski definition) is 3. The molecule has 1 aliphatic carbocycles. The number of rotatable bonds is 10. The van der Waals surface area contributed by atoms with Gasteiger partial charge in [0.1, 0.15) is 6.04 Å². The Balaban J connectivity index is 1.62. The number of benzene rings is 3. The number of nitrogens with one attached hydrogen (secondary N) is 1. The molecule has 3 aromatic carbocycles. The van der Waals surface area contributed by atoms with E-state index in [9.17, 15) is 14.0 Å². The van der Waals surface area contributed by atoms with Crippen LogP contribution in [0.3, 0.4) is 0 Å². The summed E-state index contributed by atoms with van der Waals surface area (Å²) in [6.07, 6.45) is 5.65. The van der Waals surface area contributed by atoms with Gasteiger partial charge in [0.2, 0.25) is 5.91 Å². The fourth-order valence-electron chi connectivity index (χ4n) is 4.85. The van der Waals surface area contributed by atoms with Gasteiger partial charge < -0.3 is 15.0 Å². The molecule has 0 aromatic heterocycles. The van der Waals surface area contributed by atoms with Crippen LogP contribution in [0.1, 0.15) is 48.8 Å². The maximum atomic E-state index is 14.2.